The summed E-state index contributed by atoms with van der Waals surface area (Å²) in [5.41, 5.74) is 6.96. The van der Waals surface area contributed by atoms with Crippen LogP contribution in [0.25, 0.3) is 10.8 Å². The van der Waals surface area contributed by atoms with Gasteiger partial charge in [0.2, 0.25) is 5.91 Å². The number of carbonyl (C=O) groups excluding carboxylic acids is 1. The van der Waals surface area contributed by atoms with Crippen molar-refractivity contribution in [3.63, 3.8) is 0 Å². The second kappa shape index (κ2) is 7.60. The molecule has 0 aromatic heterocycles. The Balaban J connectivity index is 1.62. The number of hydrogen-bond acceptors (Lipinski definition) is 2. The summed E-state index contributed by atoms with van der Waals surface area (Å²) in [6.07, 6.45) is 6.66. The van der Waals surface area contributed by atoms with Crippen LogP contribution in [0.15, 0.2) is 42.5 Å². The molecule has 122 valence electrons. The van der Waals surface area contributed by atoms with E-state index in [4.69, 9.17) is 5.73 Å². The zero-order valence-corrected chi connectivity index (χ0v) is 13.6. The lowest BCUT2D eigenvalue weighted by molar-refractivity contribution is -0.121. The normalized spacial score (nSPS) is 17.1. The third-order valence-corrected chi connectivity index (χ3v) is 5.00. The average Bonchev–Trinajstić information content (AvgIpc) is 2.60. The number of amides is 1. The Morgan fingerprint density at radius 2 is 1.83 bits per heavy atom. The first-order chi connectivity index (χ1) is 11.3. The van der Waals surface area contributed by atoms with E-state index in [-0.39, 0.29) is 11.9 Å². The molecule has 3 rings (SSSR count). The molecule has 0 aliphatic heterocycles. The van der Waals surface area contributed by atoms with Crippen molar-refractivity contribution in [1.29, 1.82) is 0 Å². The Morgan fingerprint density at radius 3 is 2.57 bits per heavy atom. The summed E-state index contributed by atoms with van der Waals surface area (Å²) in [6.45, 7) is 0.536. The Kier molecular flexibility index (Phi) is 5.29. The number of rotatable bonds is 5. The van der Waals surface area contributed by atoms with Crippen LogP contribution < -0.4 is 11.1 Å². The van der Waals surface area contributed by atoms with Gasteiger partial charge in [0.1, 0.15) is 0 Å². The van der Waals surface area contributed by atoms with Gasteiger partial charge in [-0.25, -0.2) is 0 Å². The molecule has 0 radical (unpaired) electrons. The molecule has 23 heavy (non-hydrogen) atoms. The van der Waals surface area contributed by atoms with Crippen LogP contribution in [0.5, 0.6) is 0 Å². The summed E-state index contributed by atoms with van der Waals surface area (Å²) < 4.78 is 0. The highest BCUT2D eigenvalue weighted by Gasteiger charge is 2.23. The standard InChI is InChI=1S/C20H26N2O/c21-14-19(17-7-2-1-3-8-17)22-20(23)13-15-10-11-16-6-4-5-9-18(16)12-15/h4-6,9-12,17,19H,1-3,7-8,13-14,21H2,(H,22,23). The first kappa shape index (κ1) is 16.0. The topological polar surface area (TPSA) is 55.1 Å². The molecule has 1 unspecified atom stereocenters. The Labute approximate surface area is 138 Å². The number of nitrogens with one attached hydrogen (secondary N) is 1. The molecule has 3 heteroatoms. The van der Waals surface area contributed by atoms with E-state index in [0.717, 1.165) is 5.56 Å². The van der Waals surface area contributed by atoms with E-state index >= 15 is 0 Å². The first-order valence-electron chi connectivity index (χ1n) is 8.73. The van der Waals surface area contributed by atoms with Gasteiger partial charge in [-0.05, 0) is 35.1 Å². The summed E-state index contributed by atoms with van der Waals surface area (Å²) >= 11 is 0. The predicted octanol–water partition coefficient (Wildman–Crippen LogP) is 3.41. The molecular weight excluding hydrogens is 284 g/mol. The molecule has 3 N–H and O–H groups in total. The van der Waals surface area contributed by atoms with Gasteiger partial charge in [-0.2, -0.15) is 0 Å². The van der Waals surface area contributed by atoms with Crippen molar-refractivity contribution in [3.8, 4) is 0 Å². The van der Waals surface area contributed by atoms with Crippen LogP contribution in [-0.4, -0.2) is 18.5 Å². The average molecular weight is 310 g/mol. The lowest BCUT2D eigenvalue weighted by atomic mass is 9.84. The minimum Gasteiger partial charge on any atom is -0.352 e. The van der Waals surface area contributed by atoms with Gasteiger partial charge in [0, 0.05) is 12.6 Å². The number of fused-ring (bicyclic) bond motifs is 1. The van der Waals surface area contributed by atoms with Crippen molar-refractivity contribution < 1.29 is 4.79 Å². The van der Waals surface area contributed by atoms with Gasteiger partial charge >= 0.3 is 0 Å². The second-order valence-electron chi connectivity index (χ2n) is 6.67. The molecule has 1 atom stereocenters. The molecule has 1 aliphatic carbocycles. The van der Waals surface area contributed by atoms with Crippen LogP contribution in [-0.2, 0) is 11.2 Å². The molecule has 1 amide bonds. The zero-order valence-electron chi connectivity index (χ0n) is 13.6. The molecule has 2 aromatic rings. The smallest absolute Gasteiger partial charge is 0.224 e. The summed E-state index contributed by atoms with van der Waals surface area (Å²) in [7, 11) is 0. The fourth-order valence-corrected chi connectivity index (χ4v) is 3.70. The highest BCUT2D eigenvalue weighted by molar-refractivity contribution is 5.85. The highest BCUT2D eigenvalue weighted by Crippen LogP contribution is 2.26. The lowest BCUT2D eigenvalue weighted by Gasteiger charge is -2.30. The minimum absolute atomic E-state index is 0.0845. The maximum Gasteiger partial charge on any atom is 0.224 e. The van der Waals surface area contributed by atoms with Crippen molar-refractivity contribution >= 4 is 16.7 Å². The van der Waals surface area contributed by atoms with Gasteiger partial charge in [-0.15, -0.1) is 0 Å². The van der Waals surface area contributed by atoms with Crippen molar-refractivity contribution in [3.05, 3.63) is 48.0 Å². The van der Waals surface area contributed by atoms with E-state index in [1.54, 1.807) is 0 Å². The van der Waals surface area contributed by atoms with Gasteiger partial charge in [-0.1, -0.05) is 61.7 Å². The van der Waals surface area contributed by atoms with Crippen molar-refractivity contribution in [2.24, 2.45) is 11.7 Å². The summed E-state index contributed by atoms with van der Waals surface area (Å²) in [6, 6.07) is 14.6. The van der Waals surface area contributed by atoms with E-state index < -0.39 is 0 Å². The molecular formula is C20H26N2O. The molecule has 0 spiro atoms. The molecule has 0 bridgehead atoms. The fourth-order valence-electron chi connectivity index (χ4n) is 3.70. The third-order valence-electron chi connectivity index (χ3n) is 5.00. The quantitative estimate of drug-likeness (QED) is 0.889. The van der Waals surface area contributed by atoms with Gasteiger partial charge in [-0.3, -0.25) is 4.79 Å². The number of hydrogen-bond donors (Lipinski definition) is 2. The van der Waals surface area contributed by atoms with Gasteiger partial charge < -0.3 is 11.1 Å². The largest absolute Gasteiger partial charge is 0.352 e. The number of nitrogens with two attached hydrogens (primary N) is 1. The zero-order chi connectivity index (χ0) is 16.1. The molecule has 2 aromatic carbocycles. The van der Waals surface area contributed by atoms with Crippen molar-refractivity contribution in [1.82, 2.24) is 5.32 Å². The van der Waals surface area contributed by atoms with E-state index in [1.165, 1.54) is 42.9 Å². The Hall–Kier alpha value is -1.87. The van der Waals surface area contributed by atoms with Crippen molar-refractivity contribution in [2.75, 3.05) is 6.54 Å². The number of benzene rings is 2. The van der Waals surface area contributed by atoms with Crippen LogP contribution in [0, 0.1) is 5.92 Å². The van der Waals surface area contributed by atoms with Gasteiger partial charge in [0.25, 0.3) is 0 Å². The fraction of sp³-hybridized carbons (Fsp3) is 0.450. The molecule has 0 heterocycles. The maximum absolute atomic E-state index is 12.4. The van der Waals surface area contributed by atoms with Crippen LogP contribution >= 0.6 is 0 Å². The summed E-state index contributed by atoms with van der Waals surface area (Å²) in [4.78, 5) is 12.4. The molecule has 1 aliphatic rings. The van der Waals surface area contributed by atoms with Gasteiger partial charge in [0.05, 0.1) is 6.42 Å². The van der Waals surface area contributed by atoms with E-state index in [1.807, 2.05) is 18.2 Å². The van der Waals surface area contributed by atoms with Crippen LogP contribution in [0.1, 0.15) is 37.7 Å². The monoisotopic (exact) mass is 310 g/mol. The summed E-state index contributed by atoms with van der Waals surface area (Å²) in [5.74, 6) is 0.635. The molecule has 1 saturated carbocycles. The van der Waals surface area contributed by atoms with Crippen LogP contribution in [0.3, 0.4) is 0 Å². The molecule has 1 fully saturated rings. The SMILES string of the molecule is NCC(NC(=O)Cc1ccc2ccccc2c1)C1CCCCC1. The Bertz CT molecular complexity index is 661. The Morgan fingerprint density at radius 1 is 1.09 bits per heavy atom. The van der Waals surface area contributed by atoms with Crippen LogP contribution in [0.4, 0.5) is 0 Å². The minimum atomic E-state index is 0.0845. The first-order valence-corrected chi connectivity index (χ1v) is 8.73. The van der Waals surface area contributed by atoms with Crippen LogP contribution in [0.2, 0.25) is 0 Å². The maximum atomic E-state index is 12.4. The number of carbonyl (C=O) groups is 1. The molecule has 3 nitrogen and oxygen atoms in total. The second-order valence-corrected chi connectivity index (χ2v) is 6.67. The predicted molar refractivity (Wildman–Crippen MR) is 95.2 cm³/mol. The van der Waals surface area contributed by atoms with Gasteiger partial charge in [0.15, 0.2) is 0 Å². The lowest BCUT2D eigenvalue weighted by Crippen LogP contribution is -2.46. The van der Waals surface area contributed by atoms with E-state index in [2.05, 4.69) is 29.6 Å². The summed E-state index contributed by atoms with van der Waals surface area (Å²) in [5, 5.41) is 5.56. The third kappa shape index (κ3) is 4.11. The van der Waals surface area contributed by atoms with Crippen molar-refractivity contribution in [2.45, 2.75) is 44.6 Å². The van der Waals surface area contributed by atoms with E-state index in [9.17, 15) is 4.79 Å². The molecule has 0 saturated heterocycles. The highest BCUT2D eigenvalue weighted by atomic mass is 16.1. The van der Waals surface area contributed by atoms with E-state index in [0.29, 0.717) is 18.9 Å².